The second kappa shape index (κ2) is 10.2. The van der Waals surface area contributed by atoms with Crippen LogP contribution in [0.25, 0.3) is 0 Å². The minimum Gasteiger partial charge on any atom is -0.351 e. The van der Waals surface area contributed by atoms with Gasteiger partial charge in [0.1, 0.15) is 11.2 Å². The molecule has 1 saturated carbocycles. The molecule has 9 heteroatoms. The van der Waals surface area contributed by atoms with Crippen molar-refractivity contribution in [1.29, 1.82) is 0 Å². The standard InChI is InChI=1S/C25H33N5O3S/c1-25(24(33)27-18-7-5-4-6-8-18)16-30-21(23(32)29(25)2)15-20(28-30)22(31)26-14-13-17-9-11-19(34-3)12-10-17/h9-12,15,18H,4-8,13-14,16H2,1-3H3,(H,26,31)(H,27,33). The molecule has 34 heavy (non-hydrogen) atoms. The van der Waals surface area contributed by atoms with E-state index in [9.17, 15) is 14.4 Å². The molecule has 1 unspecified atom stereocenters. The van der Waals surface area contributed by atoms with Crippen LogP contribution in [-0.4, -0.2) is 63.8 Å². The number of benzene rings is 1. The third-order valence-electron chi connectivity index (χ3n) is 7.02. The zero-order valence-electron chi connectivity index (χ0n) is 20.1. The van der Waals surface area contributed by atoms with E-state index in [-0.39, 0.29) is 36.0 Å². The van der Waals surface area contributed by atoms with Gasteiger partial charge < -0.3 is 15.5 Å². The van der Waals surface area contributed by atoms with E-state index in [4.69, 9.17) is 0 Å². The predicted molar refractivity (Wildman–Crippen MR) is 132 cm³/mol. The predicted octanol–water partition coefficient (Wildman–Crippen LogP) is 2.87. The van der Waals surface area contributed by atoms with E-state index < -0.39 is 5.54 Å². The van der Waals surface area contributed by atoms with Crippen molar-refractivity contribution in [3.63, 3.8) is 0 Å². The van der Waals surface area contributed by atoms with Crippen LogP contribution >= 0.6 is 11.8 Å². The number of hydrogen-bond donors (Lipinski definition) is 2. The first kappa shape index (κ1) is 24.3. The van der Waals surface area contributed by atoms with Crippen LogP contribution in [0.5, 0.6) is 0 Å². The van der Waals surface area contributed by atoms with Crippen molar-refractivity contribution in [3.05, 3.63) is 47.3 Å². The monoisotopic (exact) mass is 483 g/mol. The Labute approximate surface area is 204 Å². The molecule has 8 nitrogen and oxygen atoms in total. The van der Waals surface area contributed by atoms with Crippen LogP contribution in [0.1, 0.15) is 65.6 Å². The SMILES string of the molecule is CSc1ccc(CCNC(=O)c2cc3n(n2)CC(C)(C(=O)NC2CCCCC2)N(C)C3=O)cc1. The minimum atomic E-state index is -1.07. The molecule has 1 aliphatic heterocycles. The molecule has 2 aliphatic rings. The number of thioether (sulfide) groups is 1. The van der Waals surface area contributed by atoms with Crippen molar-refractivity contribution in [3.8, 4) is 0 Å². The van der Waals surface area contributed by atoms with Gasteiger partial charge in [0.05, 0.1) is 6.54 Å². The molecule has 1 aromatic heterocycles. The second-order valence-corrected chi connectivity index (χ2v) is 10.3. The summed E-state index contributed by atoms with van der Waals surface area (Å²) in [6, 6.07) is 9.91. The molecule has 2 aromatic rings. The lowest BCUT2D eigenvalue weighted by Crippen LogP contribution is -2.63. The number of likely N-dealkylation sites (N-methyl/N-ethyl adjacent to an activating group) is 1. The summed E-state index contributed by atoms with van der Waals surface area (Å²) in [5.41, 5.74) is 0.581. The maximum absolute atomic E-state index is 13.2. The highest BCUT2D eigenvalue weighted by Gasteiger charge is 2.46. The molecule has 0 bridgehead atoms. The number of hydrogen-bond acceptors (Lipinski definition) is 5. The van der Waals surface area contributed by atoms with Gasteiger partial charge in [-0.2, -0.15) is 5.10 Å². The van der Waals surface area contributed by atoms with Gasteiger partial charge in [0.25, 0.3) is 11.8 Å². The highest BCUT2D eigenvalue weighted by Crippen LogP contribution is 2.27. The molecule has 3 amide bonds. The van der Waals surface area contributed by atoms with Crippen LogP contribution in [-0.2, 0) is 17.8 Å². The molecule has 0 spiro atoms. The van der Waals surface area contributed by atoms with Crippen molar-refractivity contribution in [2.45, 2.75) is 68.5 Å². The largest absolute Gasteiger partial charge is 0.351 e. The fraction of sp³-hybridized carbons (Fsp3) is 0.520. The zero-order chi connectivity index (χ0) is 24.3. The Morgan fingerprint density at radius 1 is 1.18 bits per heavy atom. The molecule has 1 fully saturated rings. The van der Waals surface area contributed by atoms with Gasteiger partial charge in [-0.25, -0.2) is 0 Å². The molecular weight excluding hydrogens is 450 g/mol. The van der Waals surface area contributed by atoms with E-state index in [1.165, 1.54) is 27.0 Å². The smallest absolute Gasteiger partial charge is 0.272 e. The summed E-state index contributed by atoms with van der Waals surface area (Å²) in [6.07, 6.45) is 8.11. The fourth-order valence-electron chi connectivity index (χ4n) is 4.63. The summed E-state index contributed by atoms with van der Waals surface area (Å²) in [4.78, 5) is 41.6. The second-order valence-electron chi connectivity index (χ2n) is 9.37. The van der Waals surface area contributed by atoms with Gasteiger partial charge >= 0.3 is 0 Å². The van der Waals surface area contributed by atoms with Crippen molar-refractivity contribution in [1.82, 2.24) is 25.3 Å². The molecule has 4 rings (SSSR count). The number of carbonyl (C=O) groups is 3. The molecule has 0 radical (unpaired) electrons. The summed E-state index contributed by atoms with van der Waals surface area (Å²) in [5, 5.41) is 10.4. The van der Waals surface area contributed by atoms with Crippen molar-refractivity contribution < 1.29 is 14.4 Å². The van der Waals surface area contributed by atoms with E-state index in [0.29, 0.717) is 18.7 Å². The Kier molecular flexibility index (Phi) is 7.30. The molecule has 182 valence electrons. The lowest BCUT2D eigenvalue weighted by Gasteiger charge is -2.41. The van der Waals surface area contributed by atoms with Crippen LogP contribution in [0, 0.1) is 0 Å². The molecule has 0 saturated heterocycles. The first-order valence-electron chi connectivity index (χ1n) is 11.9. The van der Waals surface area contributed by atoms with Crippen molar-refractivity contribution >= 4 is 29.5 Å². The highest BCUT2D eigenvalue weighted by atomic mass is 32.2. The quantitative estimate of drug-likeness (QED) is 0.591. The summed E-state index contributed by atoms with van der Waals surface area (Å²) in [7, 11) is 1.64. The highest BCUT2D eigenvalue weighted by molar-refractivity contribution is 7.98. The third-order valence-corrected chi connectivity index (χ3v) is 7.77. The number of nitrogens with one attached hydrogen (secondary N) is 2. The molecule has 1 atom stereocenters. The van der Waals surface area contributed by atoms with Gasteiger partial charge in [-0.15, -0.1) is 11.8 Å². The normalized spacial score (nSPS) is 20.7. The lowest BCUT2D eigenvalue weighted by atomic mass is 9.92. The van der Waals surface area contributed by atoms with Gasteiger partial charge in [0, 0.05) is 30.6 Å². The number of carbonyl (C=O) groups excluding carboxylic acids is 3. The third kappa shape index (κ3) is 4.99. The first-order valence-corrected chi connectivity index (χ1v) is 13.1. The van der Waals surface area contributed by atoms with Crippen LogP contribution < -0.4 is 10.6 Å². The van der Waals surface area contributed by atoms with Crippen LogP contribution in [0.3, 0.4) is 0 Å². The molecule has 2 heterocycles. The molecular formula is C25H33N5O3S. The summed E-state index contributed by atoms with van der Waals surface area (Å²) < 4.78 is 1.50. The molecule has 2 N–H and O–H groups in total. The average Bonchev–Trinajstić information content (AvgIpc) is 3.27. The number of nitrogens with zero attached hydrogens (tertiary/aromatic N) is 3. The van der Waals surface area contributed by atoms with Crippen LogP contribution in [0.4, 0.5) is 0 Å². The minimum absolute atomic E-state index is 0.152. The van der Waals surface area contributed by atoms with Gasteiger partial charge in [-0.05, 0) is 50.1 Å². The Morgan fingerprint density at radius 3 is 2.56 bits per heavy atom. The lowest BCUT2D eigenvalue weighted by molar-refractivity contribution is -0.133. The molecule has 1 aromatic carbocycles. The maximum atomic E-state index is 13.2. The zero-order valence-corrected chi connectivity index (χ0v) is 20.9. The maximum Gasteiger partial charge on any atom is 0.272 e. The van der Waals surface area contributed by atoms with Gasteiger partial charge in [-0.1, -0.05) is 31.4 Å². The number of fused-ring (bicyclic) bond motifs is 1. The van der Waals surface area contributed by atoms with Gasteiger partial charge in [0.15, 0.2) is 5.69 Å². The van der Waals surface area contributed by atoms with E-state index in [2.05, 4.69) is 40.0 Å². The average molecular weight is 484 g/mol. The van der Waals surface area contributed by atoms with E-state index in [0.717, 1.165) is 31.2 Å². The fourth-order valence-corrected chi connectivity index (χ4v) is 5.04. The van der Waals surface area contributed by atoms with Crippen molar-refractivity contribution in [2.24, 2.45) is 0 Å². The van der Waals surface area contributed by atoms with Crippen LogP contribution in [0.2, 0.25) is 0 Å². The van der Waals surface area contributed by atoms with Crippen molar-refractivity contribution in [2.75, 3.05) is 19.8 Å². The Bertz CT molecular complexity index is 1060. The Balaban J connectivity index is 1.40. The topological polar surface area (TPSA) is 96.3 Å². The van der Waals surface area contributed by atoms with Gasteiger partial charge in [0.2, 0.25) is 5.91 Å². The van der Waals surface area contributed by atoms with E-state index in [1.54, 1.807) is 25.7 Å². The number of aromatic nitrogens is 2. The molecule has 1 aliphatic carbocycles. The summed E-state index contributed by atoms with van der Waals surface area (Å²) in [5.74, 6) is -0.811. The first-order chi connectivity index (χ1) is 16.3. The van der Waals surface area contributed by atoms with Gasteiger partial charge in [-0.3, -0.25) is 19.1 Å². The number of rotatable bonds is 7. The van der Waals surface area contributed by atoms with E-state index >= 15 is 0 Å². The Hall–Kier alpha value is -2.81. The Morgan fingerprint density at radius 2 is 1.88 bits per heavy atom. The number of amides is 3. The van der Waals surface area contributed by atoms with Crippen LogP contribution in [0.15, 0.2) is 35.2 Å². The summed E-state index contributed by atoms with van der Waals surface area (Å²) >= 11 is 1.69. The summed E-state index contributed by atoms with van der Waals surface area (Å²) in [6.45, 7) is 2.43. The van der Waals surface area contributed by atoms with E-state index in [1.807, 2.05) is 6.26 Å².